The standard InChI is InChI=1S/C22H24FN3O2/c1-16-5-7-19(8-6-16)27-20-9-11-26(12-10-20)15-22-24-21(25-28-22)14-17-3-2-4-18(23)13-17/h2-8,13,20H,9-12,14-15H2,1H3. The van der Waals surface area contributed by atoms with E-state index in [0.29, 0.717) is 24.7 Å². The average molecular weight is 381 g/mol. The van der Waals surface area contributed by atoms with Crippen molar-refractivity contribution in [3.05, 3.63) is 77.2 Å². The van der Waals surface area contributed by atoms with Gasteiger partial charge in [-0.2, -0.15) is 4.98 Å². The van der Waals surface area contributed by atoms with Crippen molar-refractivity contribution in [1.82, 2.24) is 15.0 Å². The van der Waals surface area contributed by atoms with Gasteiger partial charge in [0.25, 0.3) is 0 Å². The van der Waals surface area contributed by atoms with Crippen molar-refractivity contribution in [3.8, 4) is 5.75 Å². The minimum absolute atomic E-state index is 0.241. The molecule has 4 rings (SSSR count). The van der Waals surface area contributed by atoms with Crippen molar-refractivity contribution in [1.29, 1.82) is 0 Å². The lowest BCUT2D eigenvalue weighted by Gasteiger charge is -2.31. The molecule has 0 N–H and O–H groups in total. The molecule has 0 bridgehead atoms. The number of halogens is 1. The SMILES string of the molecule is Cc1ccc(OC2CCN(Cc3nc(Cc4cccc(F)c4)no3)CC2)cc1. The Balaban J connectivity index is 1.26. The highest BCUT2D eigenvalue weighted by Crippen LogP contribution is 2.20. The molecule has 2 aromatic carbocycles. The molecule has 3 aromatic rings. The summed E-state index contributed by atoms with van der Waals surface area (Å²) in [5.74, 6) is 1.86. The fourth-order valence-electron chi connectivity index (χ4n) is 3.44. The summed E-state index contributed by atoms with van der Waals surface area (Å²) >= 11 is 0. The van der Waals surface area contributed by atoms with E-state index < -0.39 is 0 Å². The second-order valence-corrected chi connectivity index (χ2v) is 7.32. The van der Waals surface area contributed by atoms with Crippen LogP contribution >= 0.6 is 0 Å². The first kappa shape index (κ1) is 18.6. The second-order valence-electron chi connectivity index (χ2n) is 7.32. The van der Waals surface area contributed by atoms with Gasteiger partial charge in [-0.25, -0.2) is 4.39 Å². The molecule has 1 fully saturated rings. The summed E-state index contributed by atoms with van der Waals surface area (Å²) in [7, 11) is 0. The average Bonchev–Trinajstić information content (AvgIpc) is 3.12. The zero-order chi connectivity index (χ0) is 19.3. The maximum Gasteiger partial charge on any atom is 0.240 e. The highest BCUT2D eigenvalue weighted by atomic mass is 19.1. The number of nitrogens with zero attached hydrogens (tertiary/aromatic N) is 3. The highest BCUT2D eigenvalue weighted by Gasteiger charge is 2.22. The molecule has 5 nitrogen and oxygen atoms in total. The maximum absolute atomic E-state index is 13.3. The number of aromatic nitrogens is 2. The third kappa shape index (κ3) is 4.95. The predicted molar refractivity (Wildman–Crippen MR) is 104 cm³/mol. The number of rotatable bonds is 6. The number of benzene rings is 2. The molecule has 0 radical (unpaired) electrons. The third-order valence-corrected chi connectivity index (χ3v) is 4.98. The van der Waals surface area contributed by atoms with Gasteiger partial charge in [-0.1, -0.05) is 35.0 Å². The predicted octanol–water partition coefficient (Wildman–Crippen LogP) is 4.15. The second kappa shape index (κ2) is 8.52. The highest BCUT2D eigenvalue weighted by molar-refractivity contribution is 5.26. The van der Waals surface area contributed by atoms with Crippen molar-refractivity contribution >= 4 is 0 Å². The monoisotopic (exact) mass is 381 g/mol. The van der Waals surface area contributed by atoms with E-state index in [-0.39, 0.29) is 11.9 Å². The van der Waals surface area contributed by atoms with Crippen LogP contribution in [0.2, 0.25) is 0 Å². The summed E-state index contributed by atoms with van der Waals surface area (Å²) in [5, 5.41) is 4.02. The number of likely N-dealkylation sites (tertiary alicyclic amines) is 1. The molecule has 28 heavy (non-hydrogen) atoms. The van der Waals surface area contributed by atoms with Gasteiger partial charge in [-0.3, -0.25) is 4.90 Å². The summed E-state index contributed by atoms with van der Waals surface area (Å²) in [6.45, 7) is 4.56. The summed E-state index contributed by atoms with van der Waals surface area (Å²) in [6, 6.07) is 14.7. The number of aryl methyl sites for hydroxylation is 1. The van der Waals surface area contributed by atoms with Gasteiger partial charge in [-0.05, 0) is 49.6 Å². The number of ether oxygens (including phenoxy) is 1. The molecule has 1 saturated heterocycles. The van der Waals surface area contributed by atoms with Gasteiger partial charge in [0.15, 0.2) is 5.82 Å². The zero-order valence-electron chi connectivity index (χ0n) is 16.0. The van der Waals surface area contributed by atoms with Crippen LogP contribution in [0.25, 0.3) is 0 Å². The maximum atomic E-state index is 13.3. The molecular formula is C22H24FN3O2. The van der Waals surface area contributed by atoms with E-state index in [0.717, 1.165) is 37.2 Å². The van der Waals surface area contributed by atoms with Crippen LogP contribution in [0.4, 0.5) is 4.39 Å². The van der Waals surface area contributed by atoms with E-state index in [9.17, 15) is 4.39 Å². The molecule has 0 spiro atoms. The molecule has 0 amide bonds. The molecule has 1 aromatic heterocycles. The van der Waals surface area contributed by atoms with Crippen molar-refractivity contribution in [3.63, 3.8) is 0 Å². The van der Waals surface area contributed by atoms with Crippen LogP contribution < -0.4 is 4.74 Å². The van der Waals surface area contributed by atoms with E-state index >= 15 is 0 Å². The first-order chi connectivity index (χ1) is 13.6. The lowest BCUT2D eigenvalue weighted by atomic mass is 10.1. The molecule has 1 aliphatic rings. The molecule has 0 aliphatic carbocycles. The minimum Gasteiger partial charge on any atom is -0.490 e. The Morgan fingerprint density at radius 1 is 1.14 bits per heavy atom. The summed E-state index contributed by atoms with van der Waals surface area (Å²) in [4.78, 5) is 6.75. The first-order valence-corrected chi connectivity index (χ1v) is 9.65. The molecular weight excluding hydrogens is 357 g/mol. The molecule has 2 heterocycles. The minimum atomic E-state index is -0.253. The van der Waals surface area contributed by atoms with Crippen molar-refractivity contribution in [2.45, 2.75) is 38.8 Å². The van der Waals surface area contributed by atoms with Crippen LogP contribution in [0.1, 0.15) is 35.7 Å². The molecule has 0 atom stereocenters. The summed E-state index contributed by atoms with van der Waals surface area (Å²) in [6.07, 6.45) is 2.65. The van der Waals surface area contributed by atoms with Crippen LogP contribution in [0, 0.1) is 12.7 Å². The number of hydrogen-bond acceptors (Lipinski definition) is 5. The van der Waals surface area contributed by atoms with Crippen LogP contribution in [0.15, 0.2) is 53.1 Å². The smallest absolute Gasteiger partial charge is 0.240 e. The van der Waals surface area contributed by atoms with Crippen LogP contribution in [0.3, 0.4) is 0 Å². The van der Waals surface area contributed by atoms with E-state index in [1.807, 2.05) is 18.2 Å². The van der Waals surface area contributed by atoms with Crippen molar-refractivity contribution in [2.24, 2.45) is 0 Å². The first-order valence-electron chi connectivity index (χ1n) is 9.65. The van der Waals surface area contributed by atoms with E-state index in [2.05, 4.69) is 34.1 Å². The Morgan fingerprint density at radius 3 is 2.68 bits per heavy atom. The molecule has 0 unspecified atom stereocenters. The fraction of sp³-hybridized carbons (Fsp3) is 0.364. The Labute approximate surface area is 164 Å². The van der Waals surface area contributed by atoms with Gasteiger partial charge >= 0.3 is 0 Å². The van der Waals surface area contributed by atoms with E-state index in [1.165, 1.54) is 17.7 Å². The van der Waals surface area contributed by atoms with Gasteiger partial charge in [0.2, 0.25) is 5.89 Å². The largest absolute Gasteiger partial charge is 0.490 e. The molecule has 1 aliphatic heterocycles. The van der Waals surface area contributed by atoms with Gasteiger partial charge in [0.1, 0.15) is 17.7 Å². The molecule has 6 heteroatoms. The Kier molecular flexibility index (Phi) is 5.67. The number of piperidine rings is 1. The Morgan fingerprint density at radius 2 is 1.93 bits per heavy atom. The van der Waals surface area contributed by atoms with Crippen molar-refractivity contribution < 1.29 is 13.7 Å². The third-order valence-electron chi connectivity index (χ3n) is 4.98. The quantitative estimate of drug-likeness (QED) is 0.642. The van der Waals surface area contributed by atoms with E-state index in [4.69, 9.17) is 9.26 Å². The van der Waals surface area contributed by atoms with Crippen LogP contribution in [0.5, 0.6) is 5.75 Å². The summed E-state index contributed by atoms with van der Waals surface area (Å²) < 4.78 is 24.7. The van der Waals surface area contributed by atoms with Gasteiger partial charge in [0.05, 0.1) is 6.54 Å². The zero-order valence-corrected chi connectivity index (χ0v) is 16.0. The molecule has 0 saturated carbocycles. The molecule has 146 valence electrons. The lowest BCUT2D eigenvalue weighted by Crippen LogP contribution is -2.37. The van der Waals surface area contributed by atoms with Crippen LogP contribution in [-0.2, 0) is 13.0 Å². The van der Waals surface area contributed by atoms with Crippen LogP contribution in [-0.4, -0.2) is 34.2 Å². The van der Waals surface area contributed by atoms with Gasteiger partial charge in [-0.15, -0.1) is 0 Å². The normalized spacial score (nSPS) is 15.6. The summed E-state index contributed by atoms with van der Waals surface area (Å²) in [5.41, 5.74) is 2.07. The Bertz CT molecular complexity index is 902. The lowest BCUT2D eigenvalue weighted by molar-refractivity contribution is 0.0904. The van der Waals surface area contributed by atoms with Crippen molar-refractivity contribution in [2.75, 3.05) is 13.1 Å². The van der Waals surface area contributed by atoms with E-state index in [1.54, 1.807) is 6.07 Å². The number of hydrogen-bond donors (Lipinski definition) is 0. The van der Waals surface area contributed by atoms with Gasteiger partial charge < -0.3 is 9.26 Å². The fourth-order valence-corrected chi connectivity index (χ4v) is 3.44. The Hall–Kier alpha value is -2.73. The van der Waals surface area contributed by atoms with Gasteiger partial charge in [0, 0.05) is 19.5 Å². The topological polar surface area (TPSA) is 51.4 Å².